The van der Waals surface area contributed by atoms with E-state index in [9.17, 15) is 0 Å². The molecule has 1 N–H and O–H groups in total. The Bertz CT molecular complexity index is 160. The zero-order valence-corrected chi connectivity index (χ0v) is 7.58. The third-order valence-electron chi connectivity index (χ3n) is 2.55. The van der Waals surface area contributed by atoms with Crippen LogP contribution in [0.4, 0.5) is 0 Å². The molecular formula is C11H18O. The van der Waals surface area contributed by atoms with Crippen LogP contribution in [-0.4, -0.2) is 11.7 Å². The molecule has 1 heteroatoms. The Morgan fingerprint density at radius 1 is 1.33 bits per heavy atom. The number of aliphatic hydroxyl groups is 1. The molecule has 0 amide bonds. The molecule has 1 rings (SSSR count). The van der Waals surface area contributed by atoms with Crippen molar-refractivity contribution < 1.29 is 5.11 Å². The van der Waals surface area contributed by atoms with Crippen molar-refractivity contribution in [1.82, 2.24) is 0 Å². The lowest BCUT2D eigenvalue weighted by Gasteiger charge is -2.01. The van der Waals surface area contributed by atoms with Crippen LogP contribution in [0.15, 0.2) is 24.8 Å². The molecule has 0 bridgehead atoms. The third-order valence-corrected chi connectivity index (χ3v) is 2.55. The molecule has 0 aromatic heterocycles. The standard InChI is InChI=1S/C11H18O/c1-2-10-6-7-11(9-10)5-3-4-8-12/h2-3,5,10-12H,1,4,6-9H2/b5-3-. The minimum atomic E-state index is 0.272. The maximum absolute atomic E-state index is 8.57. The fraction of sp³-hybridized carbons (Fsp3) is 0.636. The van der Waals surface area contributed by atoms with Crippen LogP contribution >= 0.6 is 0 Å². The van der Waals surface area contributed by atoms with Gasteiger partial charge in [0.2, 0.25) is 0 Å². The SMILES string of the molecule is C=CC1CCC(/C=C\CCO)C1. The fourth-order valence-electron chi connectivity index (χ4n) is 1.80. The second-order valence-corrected chi connectivity index (χ2v) is 3.51. The highest BCUT2D eigenvalue weighted by molar-refractivity contribution is 4.96. The van der Waals surface area contributed by atoms with E-state index in [1.807, 2.05) is 0 Å². The van der Waals surface area contributed by atoms with E-state index in [4.69, 9.17) is 5.11 Å². The first-order valence-electron chi connectivity index (χ1n) is 4.77. The molecule has 68 valence electrons. The van der Waals surface area contributed by atoms with Crippen molar-refractivity contribution in [1.29, 1.82) is 0 Å². The van der Waals surface area contributed by atoms with Crippen molar-refractivity contribution in [2.75, 3.05) is 6.61 Å². The van der Waals surface area contributed by atoms with Crippen LogP contribution in [0.25, 0.3) is 0 Å². The van der Waals surface area contributed by atoms with Crippen LogP contribution in [-0.2, 0) is 0 Å². The predicted molar refractivity (Wildman–Crippen MR) is 51.9 cm³/mol. The van der Waals surface area contributed by atoms with Gasteiger partial charge in [0.05, 0.1) is 0 Å². The Labute approximate surface area is 74.8 Å². The Hall–Kier alpha value is -0.560. The Kier molecular flexibility index (Phi) is 4.09. The lowest BCUT2D eigenvalue weighted by molar-refractivity contribution is 0.302. The zero-order valence-electron chi connectivity index (χ0n) is 7.58. The van der Waals surface area contributed by atoms with Crippen molar-refractivity contribution in [3.63, 3.8) is 0 Å². The lowest BCUT2D eigenvalue weighted by Crippen LogP contribution is -1.90. The lowest BCUT2D eigenvalue weighted by atomic mass is 10.0. The molecule has 0 aromatic carbocycles. The van der Waals surface area contributed by atoms with E-state index in [0.717, 1.165) is 18.3 Å². The van der Waals surface area contributed by atoms with Crippen LogP contribution in [0.5, 0.6) is 0 Å². The van der Waals surface area contributed by atoms with Crippen LogP contribution < -0.4 is 0 Å². The topological polar surface area (TPSA) is 20.2 Å². The largest absolute Gasteiger partial charge is 0.396 e. The maximum atomic E-state index is 8.57. The van der Waals surface area contributed by atoms with Gasteiger partial charge in [-0.2, -0.15) is 0 Å². The summed E-state index contributed by atoms with van der Waals surface area (Å²) in [6.45, 7) is 4.08. The summed E-state index contributed by atoms with van der Waals surface area (Å²) < 4.78 is 0. The van der Waals surface area contributed by atoms with Crippen molar-refractivity contribution in [3.05, 3.63) is 24.8 Å². The summed E-state index contributed by atoms with van der Waals surface area (Å²) in [5, 5.41) is 8.57. The molecule has 0 aromatic rings. The number of aliphatic hydroxyl groups excluding tert-OH is 1. The van der Waals surface area contributed by atoms with Gasteiger partial charge in [0.15, 0.2) is 0 Å². The van der Waals surface area contributed by atoms with Gasteiger partial charge in [-0.3, -0.25) is 0 Å². The van der Waals surface area contributed by atoms with E-state index in [0.29, 0.717) is 0 Å². The van der Waals surface area contributed by atoms with Gasteiger partial charge in [0, 0.05) is 6.61 Å². The highest BCUT2D eigenvalue weighted by atomic mass is 16.2. The summed E-state index contributed by atoms with van der Waals surface area (Å²) in [6.07, 6.45) is 11.0. The Morgan fingerprint density at radius 3 is 2.67 bits per heavy atom. The van der Waals surface area contributed by atoms with Crippen LogP contribution in [0, 0.1) is 11.8 Å². The summed E-state index contributed by atoms with van der Waals surface area (Å²) in [6, 6.07) is 0. The Morgan fingerprint density at radius 2 is 2.08 bits per heavy atom. The van der Waals surface area contributed by atoms with E-state index >= 15 is 0 Å². The van der Waals surface area contributed by atoms with Gasteiger partial charge in [-0.05, 0) is 37.5 Å². The van der Waals surface area contributed by atoms with Gasteiger partial charge in [-0.15, -0.1) is 6.58 Å². The molecule has 0 spiro atoms. The second-order valence-electron chi connectivity index (χ2n) is 3.51. The van der Waals surface area contributed by atoms with Crippen molar-refractivity contribution >= 4 is 0 Å². The molecule has 1 fully saturated rings. The van der Waals surface area contributed by atoms with E-state index in [1.54, 1.807) is 0 Å². The van der Waals surface area contributed by atoms with E-state index in [2.05, 4.69) is 24.8 Å². The predicted octanol–water partition coefficient (Wildman–Crippen LogP) is 2.53. The number of hydrogen-bond acceptors (Lipinski definition) is 1. The molecule has 12 heavy (non-hydrogen) atoms. The summed E-state index contributed by atoms with van der Waals surface area (Å²) in [4.78, 5) is 0. The van der Waals surface area contributed by atoms with Crippen molar-refractivity contribution in [2.45, 2.75) is 25.7 Å². The van der Waals surface area contributed by atoms with Crippen LogP contribution in [0.2, 0.25) is 0 Å². The zero-order chi connectivity index (χ0) is 8.81. The van der Waals surface area contributed by atoms with Crippen molar-refractivity contribution in [3.8, 4) is 0 Å². The first-order chi connectivity index (χ1) is 5.86. The minimum Gasteiger partial charge on any atom is -0.396 e. The molecule has 0 heterocycles. The van der Waals surface area contributed by atoms with Gasteiger partial charge in [-0.25, -0.2) is 0 Å². The van der Waals surface area contributed by atoms with Gasteiger partial charge >= 0.3 is 0 Å². The second kappa shape index (κ2) is 5.15. The number of rotatable bonds is 4. The average Bonchev–Trinajstić information content (AvgIpc) is 2.53. The molecule has 1 aliphatic rings. The molecule has 1 saturated carbocycles. The molecule has 1 aliphatic carbocycles. The maximum Gasteiger partial charge on any atom is 0.0465 e. The summed E-state index contributed by atoms with van der Waals surface area (Å²) in [5.41, 5.74) is 0. The molecule has 0 aliphatic heterocycles. The summed E-state index contributed by atoms with van der Waals surface area (Å²) in [7, 11) is 0. The van der Waals surface area contributed by atoms with Crippen LogP contribution in [0.1, 0.15) is 25.7 Å². The van der Waals surface area contributed by atoms with Gasteiger partial charge in [0.25, 0.3) is 0 Å². The smallest absolute Gasteiger partial charge is 0.0465 e. The van der Waals surface area contributed by atoms with E-state index in [-0.39, 0.29) is 6.61 Å². The fourth-order valence-corrected chi connectivity index (χ4v) is 1.80. The quantitative estimate of drug-likeness (QED) is 0.636. The van der Waals surface area contributed by atoms with E-state index < -0.39 is 0 Å². The molecule has 2 atom stereocenters. The van der Waals surface area contributed by atoms with Crippen LogP contribution in [0.3, 0.4) is 0 Å². The number of hydrogen-bond donors (Lipinski definition) is 1. The van der Waals surface area contributed by atoms with Gasteiger partial charge < -0.3 is 5.11 Å². The van der Waals surface area contributed by atoms with Crippen molar-refractivity contribution in [2.24, 2.45) is 11.8 Å². The van der Waals surface area contributed by atoms with Gasteiger partial charge in [-0.1, -0.05) is 18.2 Å². The molecular weight excluding hydrogens is 148 g/mol. The monoisotopic (exact) mass is 166 g/mol. The third kappa shape index (κ3) is 2.82. The minimum absolute atomic E-state index is 0.272. The average molecular weight is 166 g/mol. The first-order valence-corrected chi connectivity index (χ1v) is 4.77. The normalized spacial score (nSPS) is 29.8. The summed E-state index contributed by atoms with van der Waals surface area (Å²) in [5.74, 6) is 1.47. The molecule has 0 radical (unpaired) electrons. The highest BCUT2D eigenvalue weighted by Gasteiger charge is 2.19. The molecule has 1 nitrogen and oxygen atoms in total. The molecule has 2 unspecified atom stereocenters. The van der Waals surface area contributed by atoms with Gasteiger partial charge in [0.1, 0.15) is 0 Å². The Balaban J connectivity index is 2.22. The highest BCUT2D eigenvalue weighted by Crippen LogP contribution is 2.32. The summed E-state index contributed by atoms with van der Waals surface area (Å²) >= 11 is 0. The molecule has 0 saturated heterocycles. The number of allylic oxidation sites excluding steroid dienone is 2. The first kappa shape index (κ1) is 9.53. The van der Waals surface area contributed by atoms with E-state index in [1.165, 1.54) is 19.3 Å².